The Labute approximate surface area is 205 Å². The summed E-state index contributed by atoms with van der Waals surface area (Å²) < 4.78 is 32.3. The first kappa shape index (κ1) is 23.8. The van der Waals surface area contributed by atoms with Crippen molar-refractivity contribution in [3.63, 3.8) is 0 Å². The molecule has 0 spiro atoms. The van der Waals surface area contributed by atoms with Crippen LogP contribution in [0, 0.1) is 0 Å². The molecule has 5 rings (SSSR count). The van der Waals surface area contributed by atoms with Gasteiger partial charge in [-0.1, -0.05) is 30.3 Å². The molecule has 1 aliphatic heterocycles. The minimum absolute atomic E-state index is 0.134. The molecule has 0 bridgehead atoms. The van der Waals surface area contributed by atoms with Crippen LogP contribution >= 0.6 is 0 Å². The number of rotatable bonds is 7. The van der Waals surface area contributed by atoms with Gasteiger partial charge < -0.3 is 20.5 Å². The Kier molecular flexibility index (Phi) is 7.03. The van der Waals surface area contributed by atoms with Crippen LogP contribution in [0.3, 0.4) is 0 Å². The maximum Gasteiger partial charge on any atom is 0.181 e. The van der Waals surface area contributed by atoms with Gasteiger partial charge in [-0.2, -0.15) is 5.10 Å². The van der Waals surface area contributed by atoms with Gasteiger partial charge in [0.15, 0.2) is 15.7 Å². The third-order valence-electron chi connectivity index (χ3n) is 6.70. The van der Waals surface area contributed by atoms with Gasteiger partial charge in [0.25, 0.3) is 0 Å². The van der Waals surface area contributed by atoms with Gasteiger partial charge in [-0.3, -0.25) is 5.10 Å². The molecule has 35 heavy (non-hydrogen) atoms. The van der Waals surface area contributed by atoms with Gasteiger partial charge in [-0.25, -0.2) is 13.4 Å². The van der Waals surface area contributed by atoms with E-state index in [2.05, 4.69) is 25.8 Å². The van der Waals surface area contributed by atoms with Crippen molar-refractivity contribution in [3.8, 4) is 11.3 Å². The molecule has 186 valence electrons. The molecule has 2 aliphatic rings. The predicted octanol–water partition coefficient (Wildman–Crippen LogP) is 3.88. The molecule has 4 N–H and O–H groups in total. The van der Waals surface area contributed by atoms with E-state index in [1.54, 1.807) is 12.1 Å². The summed E-state index contributed by atoms with van der Waals surface area (Å²) >= 11 is 0. The minimum Gasteiger partial charge on any atom is -0.393 e. The summed E-state index contributed by atoms with van der Waals surface area (Å²) in [6.45, 7) is 0.899. The van der Waals surface area contributed by atoms with E-state index in [-0.39, 0.29) is 17.0 Å². The molecule has 0 amide bonds. The van der Waals surface area contributed by atoms with Gasteiger partial charge in [-0.15, -0.1) is 0 Å². The highest BCUT2D eigenvalue weighted by atomic mass is 32.2. The summed E-state index contributed by atoms with van der Waals surface area (Å²) in [5.74, 6) is 1.45. The van der Waals surface area contributed by atoms with Crippen LogP contribution in [0.5, 0.6) is 0 Å². The fourth-order valence-electron chi connectivity index (χ4n) is 4.70. The van der Waals surface area contributed by atoms with Gasteiger partial charge in [0.2, 0.25) is 0 Å². The quantitative estimate of drug-likeness (QED) is 0.387. The second kappa shape index (κ2) is 10.3. The molecule has 3 aromatic rings. The van der Waals surface area contributed by atoms with E-state index in [9.17, 15) is 13.5 Å². The summed E-state index contributed by atoms with van der Waals surface area (Å²) in [6, 6.07) is 15.0. The van der Waals surface area contributed by atoms with Crippen molar-refractivity contribution in [2.24, 2.45) is 0 Å². The maximum absolute atomic E-state index is 13.5. The molecule has 10 heteroatoms. The van der Waals surface area contributed by atoms with E-state index in [4.69, 9.17) is 4.74 Å². The summed E-state index contributed by atoms with van der Waals surface area (Å²) in [5, 5.41) is 23.3. The fourth-order valence-corrected chi connectivity index (χ4v) is 6.45. The SMILES string of the molecule is O=S(=O)(c1cc(Nc2cc(-c3ccccc3)[nH]n2)nc(NC2CCC(O)CC2)c1)C1CCOCC1. The van der Waals surface area contributed by atoms with Crippen molar-refractivity contribution in [1.82, 2.24) is 15.2 Å². The maximum atomic E-state index is 13.5. The van der Waals surface area contributed by atoms with Crippen LogP contribution in [-0.4, -0.2) is 59.3 Å². The van der Waals surface area contributed by atoms with Gasteiger partial charge in [-0.05, 0) is 56.2 Å². The highest BCUT2D eigenvalue weighted by molar-refractivity contribution is 7.92. The van der Waals surface area contributed by atoms with Crippen LogP contribution in [-0.2, 0) is 14.6 Å². The smallest absolute Gasteiger partial charge is 0.181 e. The molecule has 3 heterocycles. The van der Waals surface area contributed by atoms with Crippen molar-refractivity contribution in [2.45, 2.75) is 60.8 Å². The number of nitrogens with one attached hydrogen (secondary N) is 3. The molecule has 0 radical (unpaired) electrons. The normalized spacial score (nSPS) is 21.5. The largest absolute Gasteiger partial charge is 0.393 e. The van der Waals surface area contributed by atoms with Crippen molar-refractivity contribution in [1.29, 1.82) is 0 Å². The third-order valence-corrected chi connectivity index (χ3v) is 8.94. The zero-order valence-electron chi connectivity index (χ0n) is 19.5. The Morgan fingerprint density at radius 2 is 1.63 bits per heavy atom. The van der Waals surface area contributed by atoms with Gasteiger partial charge in [0.05, 0.1) is 21.9 Å². The van der Waals surface area contributed by atoms with E-state index < -0.39 is 15.1 Å². The van der Waals surface area contributed by atoms with Crippen LogP contribution in [0.2, 0.25) is 0 Å². The van der Waals surface area contributed by atoms with Crippen molar-refractivity contribution in [2.75, 3.05) is 23.8 Å². The minimum atomic E-state index is -3.55. The summed E-state index contributed by atoms with van der Waals surface area (Å²) in [6.07, 6.45) is 3.76. The molecule has 0 atom stereocenters. The number of benzene rings is 1. The topological polar surface area (TPSA) is 129 Å². The Morgan fingerprint density at radius 3 is 2.37 bits per heavy atom. The lowest BCUT2D eigenvalue weighted by molar-refractivity contribution is 0.0983. The summed E-state index contributed by atoms with van der Waals surface area (Å²) in [7, 11) is -3.55. The Hall–Kier alpha value is -2.95. The van der Waals surface area contributed by atoms with Crippen molar-refractivity contribution < 1.29 is 18.3 Å². The Morgan fingerprint density at radius 1 is 0.914 bits per heavy atom. The number of hydrogen-bond donors (Lipinski definition) is 4. The van der Waals surface area contributed by atoms with E-state index in [0.717, 1.165) is 36.9 Å². The number of ether oxygens (including phenoxy) is 1. The predicted molar refractivity (Wildman–Crippen MR) is 134 cm³/mol. The van der Waals surface area contributed by atoms with E-state index in [1.165, 1.54) is 0 Å². The fraction of sp³-hybridized carbons (Fsp3) is 0.440. The highest BCUT2D eigenvalue weighted by Gasteiger charge is 2.30. The van der Waals surface area contributed by atoms with Crippen LogP contribution in [0.15, 0.2) is 53.4 Å². The van der Waals surface area contributed by atoms with Crippen molar-refractivity contribution >= 4 is 27.3 Å². The average Bonchev–Trinajstić information content (AvgIpc) is 3.35. The number of sulfone groups is 1. The number of aliphatic hydroxyl groups excluding tert-OH is 1. The summed E-state index contributed by atoms with van der Waals surface area (Å²) in [4.78, 5) is 4.89. The molecule has 2 fully saturated rings. The van der Waals surface area contributed by atoms with E-state index in [0.29, 0.717) is 43.5 Å². The number of pyridine rings is 1. The second-order valence-electron chi connectivity index (χ2n) is 9.24. The first-order valence-electron chi connectivity index (χ1n) is 12.1. The number of nitrogens with zero attached hydrogens (tertiary/aromatic N) is 2. The lowest BCUT2D eigenvalue weighted by atomic mass is 9.93. The van der Waals surface area contributed by atoms with Crippen molar-refractivity contribution in [3.05, 3.63) is 48.5 Å². The molecular weight excluding hydrogens is 466 g/mol. The molecule has 1 saturated heterocycles. The van der Waals surface area contributed by atoms with Gasteiger partial charge in [0, 0.05) is 25.3 Å². The molecule has 2 aromatic heterocycles. The van der Waals surface area contributed by atoms with Gasteiger partial charge in [0.1, 0.15) is 11.6 Å². The van der Waals surface area contributed by atoms with Crippen LogP contribution in [0.1, 0.15) is 38.5 Å². The Balaban J connectivity index is 1.43. The number of anilines is 3. The van der Waals surface area contributed by atoms with E-state index in [1.807, 2.05) is 36.4 Å². The molecular formula is C25H31N5O4S. The number of aromatic nitrogens is 3. The lowest BCUT2D eigenvalue weighted by Crippen LogP contribution is -2.30. The molecule has 1 aromatic carbocycles. The first-order valence-corrected chi connectivity index (χ1v) is 13.7. The van der Waals surface area contributed by atoms with Gasteiger partial charge >= 0.3 is 0 Å². The molecule has 9 nitrogen and oxygen atoms in total. The number of aliphatic hydroxyl groups is 1. The number of hydrogen-bond acceptors (Lipinski definition) is 8. The summed E-state index contributed by atoms with van der Waals surface area (Å²) in [5.41, 5.74) is 1.84. The number of aromatic amines is 1. The van der Waals surface area contributed by atoms with Crippen LogP contribution in [0.25, 0.3) is 11.3 Å². The number of H-pyrrole nitrogens is 1. The first-order chi connectivity index (χ1) is 17.0. The second-order valence-corrected chi connectivity index (χ2v) is 11.5. The zero-order valence-corrected chi connectivity index (χ0v) is 20.3. The molecule has 1 aliphatic carbocycles. The molecule has 0 unspecified atom stereocenters. The average molecular weight is 498 g/mol. The Bertz CT molecular complexity index is 1230. The monoisotopic (exact) mass is 497 g/mol. The molecule has 1 saturated carbocycles. The van der Waals surface area contributed by atoms with Crippen LogP contribution < -0.4 is 10.6 Å². The third kappa shape index (κ3) is 5.66. The highest BCUT2D eigenvalue weighted by Crippen LogP contribution is 2.30. The standard InChI is InChI=1S/C25H31N5O4S/c31-19-8-6-18(7-9-19)26-23-14-21(35(32,33)20-10-12-34-13-11-20)15-24(27-23)28-25-16-22(29-30-25)17-4-2-1-3-5-17/h1-5,14-16,18-20,31H,6-13H2,(H3,26,27,28,29,30). The zero-order chi connectivity index (χ0) is 24.3. The van der Waals surface area contributed by atoms with Crippen LogP contribution in [0.4, 0.5) is 17.5 Å². The lowest BCUT2D eigenvalue weighted by Gasteiger charge is -2.27. The van der Waals surface area contributed by atoms with E-state index >= 15 is 0 Å².